The van der Waals surface area contributed by atoms with E-state index in [1.807, 2.05) is 25.4 Å². The third-order valence-electron chi connectivity index (χ3n) is 1.94. The van der Waals surface area contributed by atoms with Crippen molar-refractivity contribution in [2.24, 2.45) is 0 Å². The van der Waals surface area contributed by atoms with Crippen molar-refractivity contribution in [2.75, 3.05) is 7.05 Å². The molecule has 1 aromatic heterocycles. The van der Waals surface area contributed by atoms with Crippen LogP contribution in [0.1, 0.15) is 5.56 Å². The fourth-order valence-corrected chi connectivity index (χ4v) is 1.37. The SMILES string of the molecule is CNCc1cccc2[nH]ncc12. The van der Waals surface area contributed by atoms with E-state index in [0.29, 0.717) is 0 Å². The summed E-state index contributed by atoms with van der Waals surface area (Å²) in [7, 11) is 1.94. The molecule has 0 aliphatic heterocycles. The van der Waals surface area contributed by atoms with Crippen molar-refractivity contribution in [3.63, 3.8) is 0 Å². The minimum absolute atomic E-state index is 0.886. The van der Waals surface area contributed by atoms with E-state index in [9.17, 15) is 0 Å². The Bertz CT molecular complexity index is 378. The molecule has 0 fully saturated rings. The summed E-state index contributed by atoms with van der Waals surface area (Å²) < 4.78 is 0. The second-order valence-corrected chi connectivity index (χ2v) is 2.78. The van der Waals surface area contributed by atoms with Crippen molar-refractivity contribution >= 4 is 10.9 Å². The highest BCUT2D eigenvalue weighted by Crippen LogP contribution is 2.15. The molecule has 1 heterocycles. The highest BCUT2D eigenvalue weighted by molar-refractivity contribution is 5.81. The second kappa shape index (κ2) is 2.95. The molecule has 1 aromatic carbocycles. The Morgan fingerprint density at radius 2 is 2.42 bits per heavy atom. The van der Waals surface area contributed by atoms with Gasteiger partial charge in [-0.3, -0.25) is 5.10 Å². The first-order chi connectivity index (χ1) is 5.92. The van der Waals surface area contributed by atoms with Gasteiger partial charge in [-0.2, -0.15) is 5.10 Å². The lowest BCUT2D eigenvalue weighted by Crippen LogP contribution is -2.04. The van der Waals surface area contributed by atoms with Crippen molar-refractivity contribution in [1.29, 1.82) is 0 Å². The third-order valence-corrected chi connectivity index (χ3v) is 1.94. The first-order valence-corrected chi connectivity index (χ1v) is 3.97. The molecule has 62 valence electrons. The van der Waals surface area contributed by atoms with Gasteiger partial charge in [0.2, 0.25) is 0 Å². The number of aromatic nitrogens is 2. The lowest BCUT2D eigenvalue weighted by atomic mass is 10.1. The molecule has 0 saturated heterocycles. The molecule has 0 saturated carbocycles. The van der Waals surface area contributed by atoms with Crippen LogP contribution < -0.4 is 5.32 Å². The Morgan fingerprint density at radius 3 is 3.25 bits per heavy atom. The van der Waals surface area contributed by atoms with Gasteiger partial charge in [-0.1, -0.05) is 12.1 Å². The minimum Gasteiger partial charge on any atom is -0.316 e. The van der Waals surface area contributed by atoms with Gasteiger partial charge in [-0.15, -0.1) is 0 Å². The Hall–Kier alpha value is -1.35. The highest BCUT2D eigenvalue weighted by Gasteiger charge is 1.99. The molecule has 2 N–H and O–H groups in total. The van der Waals surface area contributed by atoms with Crippen molar-refractivity contribution in [2.45, 2.75) is 6.54 Å². The summed E-state index contributed by atoms with van der Waals surface area (Å²) in [4.78, 5) is 0. The monoisotopic (exact) mass is 161 g/mol. The molecule has 0 amide bonds. The van der Waals surface area contributed by atoms with E-state index in [0.717, 1.165) is 12.1 Å². The van der Waals surface area contributed by atoms with Crippen LogP contribution in [0.5, 0.6) is 0 Å². The van der Waals surface area contributed by atoms with Gasteiger partial charge in [0.1, 0.15) is 0 Å². The predicted octanol–water partition coefficient (Wildman–Crippen LogP) is 1.28. The molecule has 0 radical (unpaired) electrons. The van der Waals surface area contributed by atoms with Gasteiger partial charge in [0.15, 0.2) is 0 Å². The van der Waals surface area contributed by atoms with E-state index in [-0.39, 0.29) is 0 Å². The molecular weight excluding hydrogens is 150 g/mol. The molecule has 0 atom stereocenters. The van der Waals surface area contributed by atoms with Gasteiger partial charge >= 0.3 is 0 Å². The normalized spacial score (nSPS) is 10.8. The fraction of sp³-hybridized carbons (Fsp3) is 0.222. The zero-order chi connectivity index (χ0) is 8.39. The molecule has 0 unspecified atom stereocenters. The van der Waals surface area contributed by atoms with Crippen LogP contribution in [0.2, 0.25) is 0 Å². The van der Waals surface area contributed by atoms with Crippen LogP contribution in [0.3, 0.4) is 0 Å². The van der Waals surface area contributed by atoms with E-state index in [1.54, 1.807) is 0 Å². The van der Waals surface area contributed by atoms with Gasteiger partial charge in [-0.05, 0) is 18.7 Å². The number of fused-ring (bicyclic) bond motifs is 1. The predicted molar refractivity (Wildman–Crippen MR) is 48.9 cm³/mol. The van der Waals surface area contributed by atoms with Crippen LogP contribution in [-0.4, -0.2) is 17.2 Å². The number of nitrogens with zero attached hydrogens (tertiary/aromatic N) is 1. The summed E-state index contributed by atoms with van der Waals surface area (Å²) in [5.41, 5.74) is 2.38. The van der Waals surface area contributed by atoms with Crippen molar-refractivity contribution in [3.05, 3.63) is 30.0 Å². The Balaban J connectivity index is 2.57. The molecule has 0 aliphatic rings. The molecule has 3 heteroatoms. The zero-order valence-corrected chi connectivity index (χ0v) is 6.96. The number of hydrogen-bond donors (Lipinski definition) is 2. The Kier molecular flexibility index (Phi) is 1.80. The van der Waals surface area contributed by atoms with Gasteiger partial charge in [0.25, 0.3) is 0 Å². The second-order valence-electron chi connectivity index (χ2n) is 2.78. The summed E-state index contributed by atoms with van der Waals surface area (Å²) in [6.07, 6.45) is 1.86. The number of aromatic amines is 1. The summed E-state index contributed by atoms with van der Waals surface area (Å²) >= 11 is 0. The standard InChI is InChI=1S/C9H11N3/c1-10-5-7-3-2-4-9-8(7)6-11-12-9/h2-4,6,10H,5H2,1H3,(H,11,12). The first-order valence-electron chi connectivity index (χ1n) is 3.97. The smallest absolute Gasteiger partial charge is 0.0653 e. The quantitative estimate of drug-likeness (QED) is 0.696. The number of hydrogen-bond acceptors (Lipinski definition) is 2. The fourth-order valence-electron chi connectivity index (χ4n) is 1.37. The third kappa shape index (κ3) is 1.08. The highest BCUT2D eigenvalue weighted by atomic mass is 15.1. The zero-order valence-electron chi connectivity index (χ0n) is 6.96. The van der Waals surface area contributed by atoms with Crippen molar-refractivity contribution in [3.8, 4) is 0 Å². The maximum atomic E-state index is 3.99. The summed E-state index contributed by atoms with van der Waals surface area (Å²) in [6.45, 7) is 0.886. The van der Waals surface area contributed by atoms with Gasteiger partial charge in [0.05, 0.1) is 11.7 Å². The molecule has 3 nitrogen and oxygen atoms in total. The summed E-state index contributed by atoms with van der Waals surface area (Å²) in [6, 6.07) is 6.17. The number of benzene rings is 1. The van der Waals surface area contributed by atoms with E-state index >= 15 is 0 Å². The average molecular weight is 161 g/mol. The van der Waals surface area contributed by atoms with Crippen molar-refractivity contribution < 1.29 is 0 Å². The molecule has 0 spiro atoms. The van der Waals surface area contributed by atoms with Gasteiger partial charge in [0, 0.05) is 11.9 Å². The summed E-state index contributed by atoms with van der Waals surface area (Å²) in [5, 5.41) is 11.3. The van der Waals surface area contributed by atoms with E-state index in [4.69, 9.17) is 0 Å². The number of rotatable bonds is 2. The van der Waals surface area contributed by atoms with E-state index in [2.05, 4.69) is 21.6 Å². The van der Waals surface area contributed by atoms with Crippen molar-refractivity contribution in [1.82, 2.24) is 15.5 Å². The van der Waals surface area contributed by atoms with E-state index in [1.165, 1.54) is 10.9 Å². The van der Waals surface area contributed by atoms with Crippen LogP contribution in [0.15, 0.2) is 24.4 Å². The van der Waals surface area contributed by atoms with Crippen LogP contribution in [-0.2, 0) is 6.54 Å². The number of nitrogens with one attached hydrogen (secondary N) is 2. The minimum atomic E-state index is 0.886. The lowest BCUT2D eigenvalue weighted by molar-refractivity contribution is 0.824. The Morgan fingerprint density at radius 1 is 1.50 bits per heavy atom. The molecule has 2 aromatic rings. The molecule has 0 aliphatic carbocycles. The first kappa shape index (κ1) is 7.31. The van der Waals surface area contributed by atoms with Crippen LogP contribution in [0.4, 0.5) is 0 Å². The lowest BCUT2D eigenvalue weighted by Gasteiger charge is -1.99. The largest absolute Gasteiger partial charge is 0.316 e. The van der Waals surface area contributed by atoms with Gasteiger partial charge in [-0.25, -0.2) is 0 Å². The van der Waals surface area contributed by atoms with E-state index < -0.39 is 0 Å². The Labute approximate surface area is 70.8 Å². The summed E-state index contributed by atoms with van der Waals surface area (Å²) in [5.74, 6) is 0. The molecule has 2 rings (SSSR count). The topological polar surface area (TPSA) is 40.7 Å². The van der Waals surface area contributed by atoms with Crippen LogP contribution in [0.25, 0.3) is 10.9 Å². The molecule has 0 bridgehead atoms. The number of H-pyrrole nitrogens is 1. The maximum Gasteiger partial charge on any atom is 0.0653 e. The van der Waals surface area contributed by atoms with Crippen LogP contribution >= 0.6 is 0 Å². The molecule has 12 heavy (non-hydrogen) atoms. The van der Waals surface area contributed by atoms with Crippen LogP contribution in [0, 0.1) is 0 Å². The average Bonchev–Trinajstić information content (AvgIpc) is 2.53. The maximum absolute atomic E-state index is 3.99. The molecular formula is C9H11N3. The van der Waals surface area contributed by atoms with Gasteiger partial charge < -0.3 is 5.32 Å².